The highest BCUT2D eigenvalue weighted by atomic mass is 32.2. The quantitative estimate of drug-likeness (QED) is 0.563. The number of hydrogen-bond donors (Lipinski definition) is 1. The predicted molar refractivity (Wildman–Crippen MR) is 100 cm³/mol. The van der Waals surface area contributed by atoms with Crippen molar-refractivity contribution < 1.29 is 9.59 Å². The molecule has 8 heteroatoms. The zero-order chi connectivity index (χ0) is 18.4. The van der Waals surface area contributed by atoms with Crippen LogP contribution in [0.1, 0.15) is 61.8 Å². The molecule has 2 aromatic rings. The monoisotopic (exact) mass is 373 g/mol. The van der Waals surface area contributed by atoms with E-state index in [1.807, 2.05) is 11.6 Å². The van der Waals surface area contributed by atoms with Crippen LogP contribution in [0.2, 0.25) is 0 Å². The molecule has 1 amide bonds. The number of amides is 1. The van der Waals surface area contributed by atoms with Crippen LogP contribution in [-0.2, 0) is 4.79 Å². The first-order valence-corrected chi connectivity index (χ1v) is 9.99. The van der Waals surface area contributed by atoms with Gasteiger partial charge in [0, 0.05) is 17.7 Å². The maximum absolute atomic E-state index is 12.4. The number of anilines is 1. The lowest BCUT2D eigenvalue weighted by Crippen LogP contribution is -2.11. The van der Waals surface area contributed by atoms with Crippen LogP contribution in [0.15, 0.2) is 29.4 Å². The Morgan fingerprint density at radius 2 is 1.96 bits per heavy atom. The van der Waals surface area contributed by atoms with Crippen LogP contribution in [0, 0.1) is 0 Å². The van der Waals surface area contributed by atoms with E-state index in [9.17, 15) is 9.59 Å². The lowest BCUT2D eigenvalue weighted by Gasteiger charge is -2.10. The number of nitrogens with zero attached hydrogens (tertiary/aromatic N) is 4. The molecule has 7 nitrogen and oxygen atoms in total. The molecule has 1 aromatic heterocycles. The number of carbonyl (C=O) groups is 2. The maximum Gasteiger partial charge on any atom is 0.224 e. The van der Waals surface area contributed by atoms with Crippen LogP contribution in [0.4, 0.5) is 5.69 Å². The number of benzene rings is 1. The van der Waals surface area contributed by atoms with Gasteiger partial charge in [-0.25, -0.2) is 4.68 Å². The molecule has 0 saturated heterocycles. The average Bonchev–Trinajstić information content (AvgIpc) is 3.31. The lowest BCUT2D eigenvalue weighted by atomic mass is 10.1. The molecule has 138 valence electrons. The van der Waals surface area contributed by atoms with E-state index in [2.05, 4.69) is 20.8 Å². The second kappa shape index (κ2) is 8.93. The van der Waals surface area contributed by atoms with Gasteiger partial charge in [0.05, 0.1) is 11.8 Å². The van der Waals surface area contributed by atoms with Crippen molar-refractivity contribution in [1.82, 2.24) is 20.2 Å². The number of carbonyl (C=O) groups excluding carboxylic acids is 2. The fourth-order valence-electron chi connectivity index (χ4n) is 3.06. The third-order valence-electron chi connectivity index (χ3n) is 4.43. The van der Waals surface area contributed by atoms with Gasteiger partial charge in [0.25, 0.3) is 0 Å². The molecule has 0 atom stereocenters. The third kappa shape index (κ3) is 4.69. The molecule has 1 N–H and O–H groups in total. The van der Waals surface area contributed by atoms with E-state index >= 15 is 0 Å². The standard InChI is InChI=1S/C18H23N5O2S/c1-2-5-17(25)19-14-10-8-13(9-11-14)16(24)12-26-18-20-21-22-23(18)15-6-3-4-7-15/h8-11,15H,2-7,12H2,1H3,(H,19,25). The van der Waals surface area contributed by atoms with Crippen LogP contribution in [-0.4, -0.2) is 37.7 Å². The van der Waals surface area contributed by atoms with E-state index < -0.39 is 0 Å². The third-order valence-corrected chi connectivity index (χ3v) is 5.37. The Morgan fingerprint density at radius 1 is 1.23 bits per heavy atom. The van der Waals surface area contributed by atoms with Gasteiger partial charge in [-0.2, -0.15) is 0 Å². The van der Waals surface area contributed by atoms with Gasteiger partial charge >= 0.3 is 0 Å². The SMILES string of the molecule is CCCC(=O)Nc1ccc(C(=O)CSc2nnnn2C2CCCC2)cc1. The van der Waals surface area contributed by atoms with Gasteiger partial charge in [-0.3, -0.25) is 9.59 Å². The van der Waals surface area contributed by atoms with Crippen molar-refractivity contribution in [1.29, 1.82) is 0 Å². The molecular weight excluding hydrogens is 350 g/mol. The first-order chi connectivity index (χ1) is 12.7. The van der Waals surface area contributed by atoms with Gasteiger partial charge in [0.2, 0.25) is 11.1 Å². The number of nitrogens with one attached hydrogen (secondary N) is 1. The van der Waals surface area contributed by atoms with Gasteiger partial charge in [-0.05, 0) is 54.0 Å². The highest BCUT2D eigenvalue weighted by molar-refractivity contribution is 7.99. The second-order valence-corrected chi connectivity index (χ2v) is 7.37. The minimum Gasteiger partial charge on any atom is -0.326 e. The maximum atomic E-state index is 12.4. The first kappa shape index (κ1) is 18.6. The van der Waals surface area contributed by atoms with Gasteiger partial charge in [0.1, 0.15) is 0 Å². The number of rotatable bonds is 8. The molecule has 3 rings (SSSR count). The van der Waals surface area contributed by atoms with E-state index in [4.69, 9.17) is 0 Å². The molecule has 0 aliphatic heterocycles. The van der Waals surface area contributed by atoms with E-state index in [0.717, 1.165) is 19.3 Å². The van der Waals surface area contributed by atoms with Gasteiger partial charge in [-0.15, -0.1) is 5.10 Å². The molecule has 0 spiro atoms. The smallest absolute Gasteiger partial charge is 0.224 e. The Labute approximate surface area is 156 Å². The van der Waals surface area contributed by atoms with Gasteiger partial charge in [-0.1, -0.05) is 31.5 Å². The molecule has 1 saturated carbocycles. The van der Waals surface area contributed by atoms with Gasteiger partial charge in [0.15, 0.2) is 5.78 Å². The van der Waals surface area contributed by atoms with E-state index in [1.54, 1.807) is 24.3 Å². The summed E-state index contributed by atoms with van der Waals surface area (Å²) in [5.41, 5.74) is 1.32. The molecule has 0 unspecified atom stereocenters. The molecule has 1 fully saturated rings. The minimum absolute atomic E-state index is 0.0131. The Hall–Kier alpha value is -2.22. The average molecular weight is 373 g/mol. The van der Waals surface area contributed by atoms with Crippen molar-refractivity contribution in [3.63, 3.8) is 0 Å². The Morgan fingerprint density at radius 3 is 2.65 bits per heavy atom. The fraction of sp³-hybridized carbons (Fsp3) is 0.500. The molecule has 1 heterocycles. The number of ketones is 1. The summed E-state index contributed by atoms with van der Waals surface area (Å²) in [5, 5.41) is 15.4. The minimum atomic E-state index is -0.0131. The summed E-state index contributed by atoms with van der Waals surface area (Å²) in [6.07, 6.45) is 5.89. The Bertz CT molecular complexity index is 753. The number of thioether (sulfide) groups is 1. The van der Waals surface area contributed by atoms with Crippen molar-refractivity contribution >= 4 is 29.1 Å². The summed E-state index contributed by atoms with van der Waals surface area (Å²) in [6, 6.07) is 7.35. The number of hydrogen-bond acceptors (Lipinski definition) is 6. The zero-order valence-corrected chi connectivity index (χ0v) is 15.7. The first-order valence-electron chi connectivity index (χ1n) is 9.01. The van der Waals surface area contributed by atoms with Crippen LogP contribution < -0.4 is 5.32 Å². The number of aromatic nitrogens is 4. The zero-order valence-electron chi connectivity index (χ0n) is 14.9. The summed E-state index contributed by atoms with van der Waals surface area (Å²) in [4.78, 5) is 24.0. The molecule has 1 aromatic carbocycles. The summed E-state index contributed by atoms with van der Waals surface area (Å²) >= 11 is 1.37. The van der Waals surface area contributed by atoms with Crippen LogP contribution in [0.5, 0.6) is 0 Å². The highest BCUT2D eigenvalue weighted by Crippen LogP contribution is 2.31. The van der Waals surface area contributed by atoms with Crippen molar-refractivity contribution in [2.24, 2.45) is 0 Å². The van der Waals surface area contributed by atoms with Crippen LogP contribution in [0.25, 0.3) is 0 Å². The molecule has 1 aliphatic carbocycles. The number of Topliss-reactive ketones (excluding diaryl/α,β-unsaturated/α-hetero) is 1. The summed E-state index contributed by atoms with van der Waals surface area (Å²) in [6.45, 7) is 1.96. The summed E-state index contributed by atoms with van der Waals surface area (Å²) in [7, 11) is 0. The normalized spacial score (nSPS) is 14.5. The van der Waals surface area contributed by atoms with Crippen molar-refractivity contribution in [2.45, 2.75) is 56.6 Å². The summed E-state index contributed by atoms with van der Waals surface area (Å²) < 4.78 is 1.86. The van der Waals surface area contributed by atoms with Crippen molar-refractivity contribution in [3.05, 3.63) is 29.8 Å². The van der Waals surface area contributed by atoms with E-state index in [1.165, 1.54) is 24.6 Å². The van der Waals surface area contributed by atoms with E-state index in [-0.39, 0.29) is 17.4 Å². The van der Waals surface area contributed by atoms with Crippen molar-refractivity contribution in [2.75, 3.05) is 11.1 Å². The van der Waals surface area contributed by atoms with Crippen LogP contribution >= 0.6 is 11.8 Å². The number of tetrazole rings is 1. The highest BCUT2D eigenvalue weighted by Gasteiger charge is 2.22. The predicted octanol–water partition coefficient (Wildman–Crippen LogP) is 3.50. The fourth-order valence-corrected chi connectivity index (χ4v) is 3.90. The van der Waals surface area contributed by atoms with E-state index in [0.29, 0.717) is 28.9 Å². The molecule has 26 heavy (non-hydrogen) atoms. The summed E-state index contributed by atoms with van der Waals surface area (Å²) in [5.74, 6) is 0.289. The second-order valence-electron chi connectivity index (χ2n) is 6.43. The Balaban J connectivity index is 1.55. The Kier molecular flexibility index (Phi) is 6.38. The topological polar surface area (TPSA) is 89.8 Å². The lowest BCUT2D eigenvalue weighted by molar-refractivity contribution is -0.116. The van der Waals surface area contributed by atoms with Crippen molar-refractivity contribution in [3.8, 4) is 0 Å². The molecule has 0 radical (unpaired) electrons. The molecule has 1 aliphatic rings. The molecular formula is C18H23N5O2S. The largest absolute Gasteiger partial charge is 0.326 e. The van der Waals surface area contributed by atoms with Crippen LogP contribution in [0.3, 0.4) is 0 Å². The molecule has 0 bridgehead atoms. The van der Waals surface area contributed by atoms with Gasteiger partial charge < -0.3 is 5.32 Å².